The summed E-state index contributed by atoms with van der Waals surface area (Å²) >= 11 is 0. The van der Waals surface area contributed by atoms with Gasteiger partial charge in [-0.3, -0.25) is 4.68 Å². The Kier molecular flexibility index (Phi) is 5.90. The molecule has 0 bridgehead atoms. The summed E-state index contributed by atoms with van der Waals surface area (Å²) in [5.41, 5.74) is 9.75. The normalized spacial score (nSPS) is 11.4. The molecule has 6 heteroatoms. The second-order valence-corrected chi connectivity index (χ2v) is 8.82. The number of H-pyrrole nitrogens is 1. The van der Waals surface area contributed by atoms with E-state index in [1.165, 1.54) is 5.56 Å². The summed E-state index contributed by atoms with van der Waals surface area (Å²) in [6.07, 6.45) is 4.01. The zero-order valence-corrected chi connectivity index (χ0v) is 20.1. The molecule has 0 unspecified atom stereocenters. The smallest absolute Gasteiger partial charge is 0.138 e. The SMILES string of the molecule is CCn1cc(-c2ccnc3[nH]c(-c4ccc(CN(C)C)cc4)cc23)c(-c2cccc(NC)c2)n1. The van der Waals surface area contributed by atoms with Crippen molar-refractivity contribution in [1.82, 2.24) is 24.6 Å². The van der Waals surface area contributed by atoms with Gasteiger partial charge in [0, 0.05) is 60.4 Å². The zero-order valence-electron chi connectivity index (χ0n) is 20.1. The van der Waals surface area contributed by atoms with Gasteiger partial charge in [0.2, 0.25) is 0 Å². The molecule has 2 N–H and O–H groups in total. The first-order chi connectivity index (χ1) is 16.6. The molecule has 0 spiro atoms. The first-order valence-corrected chi connectivity index (χ1v) is 11.6. The van der Waals surface area contributed by atoms with Crippen molar-refractivity contribution in [1.29, 1.82) is 0 Å². The van der Waals surface area contributed by atoms with Crippen LogP contribution in [0.2, 0.25) is 0 Å². The molecule has 0 saturated carbocycles. The summed E-state index contributed by atoms with van der Waals surface area (Å²) in [7, 11) is 6.11. The van der Waals surface area contributed by atoms with Crippen molar-refractivity contribution in [3.05, 3.63) is 78.6 Å². The molecule has 5 rings (SSSR count). The number of hydrogen-bond donors (Lipinski definition) is 2. The third kappa shape index (κ3) is 4.20. The number of aromatic amines is 1. The minimum atomic E-state index is 0.810. The molecule has 2 aromatic carbocycles. The molecule has 0 fully saturated rings. The van der Waals surface area contributed by atoms with E-state index in [0.29, 0.717) is 0 Å². The van der Waals surface area contributed by atoms with Gasteiger partial charge in [-0.1, -0.05) is 36.4 Å². The van der Waals surface area contributed by atoms with Gasteiger partial charge in [0.1, 0.15) is 11.3 Å². The summed E-state index contributed by atoms with van der Waals surface area (Å²) in [4.78, 5) is 10.3. The van der Waals surface area contributed by atoms with Crippen molar-refractivity contribution in [2.45, 2.75) is 20.0 Å². The number of aryl methyl sites for hydroxylation is 1. The molecular formula is C28H30N6. The number of nitrogens with one attached hydrogen (secondary N) is 2. The van der Waals surface area contributed by atoms with Crippen LogP contribution in [0.3, 0.4) is 0 Å². The number of nitrogens with zero attached hydrogens (tertiary/aromatic N) is 4. The quantitative estimate of drug-likeness (QED) is 0.325. The van der Waals surface area contributed by atoms with Crippen LogP contribution in [0.5, 0.6) is 0 Å². The summed E-state index contributed by atoms with van der Waals surface area (Å²) in [6.45, 7) is 3.85. The molecule has 0 amide bonds. The third-order valence-electron chi connectivity index (χ3n) is 6.10. The van der Waals surface area contributed by atoms with E-state index in [9.17, 15) is 0 Å². The highest BCUT2D eigenvalue weighted by Gasteiger charge is 2.17. The van der Waals surface area contributed by atoms with Crippen LogP contribution in [0.4, 0.5) is 5.69 Å². The van der Waals surface area contributed by atoms with Crippen LogP contribution in [0.15, 0.2) is 73.1 Å². The van der Waals surface area contributed by atoms with Crippen LogP contribution >= 0.6 is 0 Å². The van der Waals surface area contributed by atoms with Crippen molar-refractivity contribution in [2.75, 3.05) is 26.5 Å². The Morgan fingerprint density at radius 2 is 1.79 bits per heavy atom. The molecule has 3 aromatic heterocycles. The molecule has 0 aliphatic rings. The highest BCUT2D eigenvalue weighted by molar-refractivity contribution is 5.99. The average Bonchev–Trinajstić information content (AvgIpc) is 3.49. The largest absolute Gasteiger partial charge is 0.388 e. The van der Waals surface area contributed by atoms with Gasteiger partial charge >= 0.3 is 0 Å². The van der Waals surface area contributed by atoms with Crippen molar-refractivity contribution in [3.63, 3.8) is 0 Å². The molecule has 0 radical (unpaired) electrons. The number of benzene rings is 2. The molecule has 5 aromatic rings. The Morgan fingerprint density at radius 1 is 0.971 bits per heavy atom. The van der Waals surface area contributed by atoms with Crippen LogP contribution in [0, 0.1) is 0 Å². The second-order valence-electron chi connectivity index (χ2n) is 8.82. The predicted octanol–water partition coefficient (Wildman–Crippen LogP) is 5.88. The van der Waals surface area contributed by atoms with Gasteiger partial charge in [-0.15, -0.1) is 0 Å². The molecule has 0 aliphatic carbocycles. The van der Waals surface area contributed by atoms with E-state index in [-0.39, 0.29) is 0 Å². The first kappa shape index (κ1) is 21.9. The van der Waals surface area contributed by atoms with Crippen molar-refractivity contribution < 1.29 is 0 Å². The van der Waals surface area contributed by atoms with E-state index in [2.05, 4.69) is 108 Å². The number of aromatic nitrogens is 4. The molecule has 0 atom stereocenters. The van der Waals surface area contributed by atoms with Crippen LogP contribution in [0.1, 0.15) is 12.5 Å². The van der Waals surface area contributed by atoms with Gasteiger partial charge in [-0.2, -0.15) is 5.10 Å². The lowest BCUT2D eigenvalue weighted by Crippen LogP contribution is -2.10. The number of fused-ring (bicyclic) bond motifs is 1. The second kappa shape index (κ2) is 9.15. The van der Waals surface area contributed by atoms with E-state index < -0.39 is 0 Å². The standard InChI is InChI=1S/C28H30N6/c1-5-34-18-25(27(32-34)21-7-6-8-22(15-21)29-2)23-13-14-30-28-24(23)16-26(31-28)20-11-9-19(10-12-20)17-33(3)4/h6-16,18,29H,5,17H2,1-4H3,(H,30,31). The predicted molar refractivity (Wildman–Crippen MR) is 141 cm³/mol. The van der Waals surface area contributed by atoms with Crippen LogP contribution in [0.25, 0.3) is 44.7 Å². The molecule has 6 nitrogen and oxygen atoms in total. The van der Waals surface area contributed by atoms with Crippen molar-refractivity contribution >= 4 is 16.7 Å². The Hall–Kier alpha value is -3.90. The van der Waals surface area contributed by atoms with Crippen molar-refractivity contribution in [2.24, 2.45) is 0 Å². The fraction of sp³-hybridized carbons (Fsp3) is 0.214. The lowest BCUT2D eigenvalue weighted by atomic mass is 9.99. The van der Waals surface area contributed by atoms with Gasteiger partial charge < -0.3 is 15.2 Å². The topological polar surface area (TPSA) is 61.8 Å². The average molecular weight is 451 g/mol. The van der Waals surface area contributed by atoms with E-state index >= 15 is 0 Å². The fourth-order valence-corrected chi connectivity index (χ4v) is 4.39. The summed E-state index contributed by atoms with van der Waals surface area (Å²) < 4.78 is 2.00. The third-order valence-corrected chi connectivity index (χ3v) is 6.10. The monoisotopic (exact) mass is 450 g/mol. The zero-order chi connectivity index (χ0) is 23.7. The summed E-state index contributed by atoms with van der Waals surface area (Å²) in [5, 5.41) is 9.23. The highest BCUT2D eigenvalue weighted by atomic mass is 15.3. The maximum atomic E-state index is 4.91. The number of pyridine rings is 1. The molecule has 3 heterocycles. The maximum Gasteiger partial charge on any atom is 0.138 e. The lowest BCUT2D eigenvalue weighted by molar-refractivity contribution is 0.402. The van der Waals surface area contributed by atoms with Crippen LogP contribution in [-0.4, -0.2) is 45.8 Å². The Morgan fingerprint density at radius 3 is 2.53 bits per heavy atom. The maximum absolute atomic E-state index is 4.91. The van der Waals surface area contributed by atoms with E-state index in [1.54, 1.807) is 0 Å². The minimum Gasteiger partial charge on any atom is -0.388 e. The van der Waals surface area contributed by atoms with E-state index in [4.69, 9.17) is 5.10 Å². The van der Waals surface area contributed by atoms with Crippen LogP contribution < -0.4 is 5.32 Å². The van der Waals surface area contributed by atoms with Gasteiger partial charge in [-0.05, 0) is 62.0 Å². The summed E-state index contributed by atoms with van der Waals surface area (Å²) in [6, 6.07) is 21.4. The Bertz CT molecular complexity index is 1430. The Balaban J connectivity index is 1.60. The molecule has 172 valence electrons. The van der Waals surface area contributed by atoms with E-state index in [1.807, 2.05) is 17.9 Å². The minimum absolute atomic E-state index is 0.810. The van der Waals surface area contributed by atoms with Gasteiger partial charge in [0.05, 0.1) is 0 Å². The van der Waals surface area contributed by atoms with Crippen molar-refractivity contribution in [3.8, 4) is 33.6 Å². The number of anilines is 1. The Labute approximate surface area is 200 Å². The highest BCUT2D eigenvalue weighted by Crippen LogP contribution is 2.37. The van der Waals surface area contributed by atoms with Crippen LogP contribution in [-0.2, 0) is 13.1 Å². The first-order valence-electron chi connectivity index (χ1n) is 11.6. The van der Waals surface area contributed by atoms with Gasteiger partial charge in [-0.25, -0.2) is 4.98 Å². The lowest BCUT2D eigenvalue weighted by Gasteiger charge is -2.09. The molecule has 34 heavy (non-hydrogen) atoms. The number of hydrogen-bond acceptors (Lipinski definition) is 4. The van der Waals surface area contributed by atoms with E-state index in [0.717, 1.165) is 63.5 Å². The van der Waals surface area contributed by atoms with Gasteiger partial charge in [0.15, 0.2) is 0 Å². The number of rotatable bonds is 7. The summed E-state index contributed by atoms with van der Waals surface area (Å²) in [5.74, 6) is 0. The van der Waals surface area contributed by atoms with Gasteiger partial charge in [0.25, 0.3) is 0 Å². The molecule has 0 saturated heterocycles. The fourth-order valence-electron chi connectivity index (χ4n) is 4.39. The molecule has 0 aliphatic heterocycles. The molecular weight excluding hydrogens is 420 g/mol.